The predicted molar refractivity (Wildman–Crippen MR) is 73.5 cm³/mol. The summed E-state index contributed by atoms with van der Waals surface area (Å²) in [6.07, 6.45) is 0. The highest BCUT2D eigenvalue weighted by atomic mass is 16.4. The average molecular weight is 262 g/mol. The Kier molecular flexibility index (Phi) is 2.81. The summed E-state index contributed by atoms with van der Waals surface area (Å²) in [5.74, 6) is -1.08. The lowest BCUT2D eigenvalue weighted by Crippen LogP contribution is -2.50. The van der Waals surface area contributed by atoms with E-state index < -0.39 is 16.9 Å². The molecule has 19 heavy (non-hydrogen) atoms. The minimum absolute atomic E-state index is 0.0909. The topological polar surface area (TPSA) is 78.4 Å². The van der Waals surface area contributed by atoms with Crippen LogP contribution in [0.4, 0.5) is 11.4 Å². The molecule has 0 radical (unpaired) electrons. The molecule has 102 valence electrons. The van der Waals surface area contributed by atoms with Crippen LogP contribution < -0.4 is 10.6 Å². The third-order valence-electron chi connectivity index (χ3n) is 4.09. The molecule has 1 aromatic rings. The monoisotopic (exact) mass is 262 g/mol. The molecule has 1 aromatic carbocycles. The fourth-order valence-corrected chi connectivity index (χ4v) is 1.95. The third kappa shape index (κ3) is 2.05. The number of hydrogen-bond acceptors (Lipinski definition) is 3. The summed E-state index contributed by atoms with van der Waals surface area (Å²) in [7, 11) is 0. The Labute approximate surface area is 112 Å². The molecule has 2 rings (SSSR count). The lowest BCUT2D eigenvalue weighted by Gasteiger charge is -2.39. The molecule has 0 aliphatic carbocycles. The number of carboxylic acids is 1. The van der Waals surface area contributed by atoms with Crippen LogP contribution in [0, 0.1) is 5.41 Å². The molecule has 5 heteroatoms. The zero-order chi connectivity index (χ0) is 14.4. The molecule has 1 amide bonds. The van der Waals surface area contributed by atoms with Gasteiger partial charge in [-0.2, -0.15) is 0 Å². The first-order valence-electron chi connectivity index (χ1n) is 6.12. The van der Waals surface area contributed by atoms with Crippen molar-refractivity contribution in [2.75, 3.05) is 10.6 Å². The van der Waals surface area contributed by atoms with Crippen LogP contribution in [0.3, 0.4) is 0 Å². The molecular formula is C14H18N2O3. The van der Waals surface area contributed by atoms with Crippen LogP contribution in [0.25, 0.3) is 0 Å². The van der Waals surface area contributed by atoms with Crippen LogP contribution in [0.2, 0.25) is 0 Å². The number of benzene rings is 1. The van der Waals surface area contributed by atoms with E-state index in [4.69, 9.17) is 5.11 Å². The van der Waals surface area contributed by atoms with Gasteiger partial charge in [-0.25, -0.2) is 4.79 Å². The number of carboxylic acid groups (broad SMARTS) is 1. The van der Waals surface area contributed by atoms with Gasteiger partial charge in [0.1, 0.15) is 0 Å². The first-order chi connectivity index (χ1) is 8.65. The van der Waals surface area contributed by atoms with Crippen molar-refractivity contribution in [2.24, 2.45) is 5.41 Å². The fraction of sp³-hybridized carbons (Fsp3) is 0.429. The van der Waals surface area contributed by atoms with E-state index in [1.54, 1.807) is 12.1 Å². The summed E-state index contributed by atoms with van der Waals surface area (Å²) >= 11 is 0. The molecule has 3 N–H and O–H groups in total. The van der Waals surface area contributed by atoms with Gasteiger partial charge in [0, 0.05) is 5.54 Å². The first-order valence-corrected chi connectivity index (χ1v) is 6.12. The molecule has 0 fully saturated rings. The molecule has 0 saturated heterocycles. The van der Waals surface area contributed by atoms with Crippen LogP contribution in [0.1, 0.15) is 38.1 Å². The second kappa shape index (κ2) is 3.98. The highest BCUT2D eigenvalue weighted by Gasteiger charge is 2.45. The summed E-state index contributed by atoms with van der Waals surface area (Å²) in [6.45, 7) is 7.57. The number of nitrogens with one attached hydrogen (secondary N) is 2. The van der Waals surface area contributed by atoms with Crippen molar-refractivity contribution in [3.05, 3.63) is 23.8 Å². The lowest BCUT2D eigenvalue weighted by molar-refractivity contribution is -0.126. The van der Waals surface area contributed by atoms with Gasteiger partial charge in [-0.15, -0.1) is 0 Å². The number of anilines is 2. The molecule has 0 bridgehead atoms. The summed E-state index contributed by atoms with van der Waals surface area (Å²) in [5, 5.41) is 15.1. The number of carbonyl (C=O) groups excluding carboxylic acids is 1. The Balaban J connectivity index is 2.55. The Hall–Kier alpha value is -2.04. The third-order valence-corrected chi connectivity index (χ3v) is 4.09. The molecule has 1 aliphatic heterocycles. The van der Waals surface area contributed by atoms with Gasteiger partial charge >= 0.3 is 5.97 Å². The normalized spacial score (nSPS) is 19.7. The molecule has 5 nitrogen and oxygen atoms in total. The van der Waals surface area contributed by atoms with Gasteiger partial charge in [0.2, 0.25) is 5.91 Å². The number of carbonyl (C=O) groups is 2. The van der Waals surface area contributed by atoms with Crippen molar-refractivity contribution in [3.63, 3.8) is 0 Å². The maximum absolute atomic E-state index is 12.3. The van der Waals surface area contributed by atoms with Crippen LogP contribution in [-0.4, -0.2) is 22.5 Å². The molecule has 1 heterocycles. The smallest absolute Gasteiger partial charge is 0.335 e. The highest BCUT2D eigenvalue weighted by Crippen LogP contribution is 2.40. The molecule has 0 unspecified atom stereocenters. The number of fused-ring (bicyclic) bond motifs is 1. The first kappa shape index (κ1) is 13.4. The van der Waals surface area contributed by atoms with Crippen molar-refractivity contribution in [2.45, 2.75) is 33.2 Å². The maximum atomic E-state index is 12.3. The summed E-state index contributed by atoms with van der Waals surface area (Å²) in [6, 6.07) is 4.64. The number of amides is 1. The van der Waals surface area contributed by atoms with Gasteiger partial charge in [-0.1, -0.05) is 0 Å². The number of aromatic carboxylic acids is 1. The largest absolute Gasteiger partial charge is 0.478 e. The molecular weight excluding hydrogens is 244 g/mol. The van der Waals surface area contributed by atoms with E-state index in [0.717, 1.165) is 0 Å². The van der Waals surface area contributed by atoms with E-state index >= 15 is 0 Å². The quantitative estimate of drug-likeness (QED) is 0.726. The number of hydrogen-bond donors (Lipinski definition) is 3. The van der Waals surface area contributed by atoms with Crippen molar-refractivity contribution < 1.29 is 14.7 Å². The molecule has 0 atom stereocenters. The second-order valence-electron chi connectivity index (χ2n) is 5.89. The maximum Gasteiger partial charge on any atom is 0.335 e. The van der Waals surface area contributed by atoms with Gasteiger partial charge in [-0.05, 0) is 45.9 Å². The Morgan fingerprint density at radius 1 is 1.16 bits per heavy atom. The molecule has 1 aliphatic rings. The van der Waals surface area contributed by atoms with Crippen molar-refractivity contribution in [1.82, 2.24) is 0 Å². The average Bonchev–Trinajstić information content (AvgIpc) is 2.35. The summed E-state index contributed by atoms with van der Waals surface area (Å²) in [4.78, 5) is 23.3. The van der Waals surface area contributed by atoms with Gasteiger partial charge in [0.25, 0.3) is 0 Å². The fourth-order valence-electron chi connectivity index (χ4n) is 1.95. The van der Waals surface area contributed by atoms with E-state index in [2.05, 4.69) is 10.6 Å². The van der Waals surface area contributed by atoms with E-state index in [0.29, 0.717) is 11.4 Å². The Bertz CT molecular complexity index is 562. The van der Waals surface area contributed by atoms with Gasteiger partial charge in [0.05, 0.1) is 22.4 Å². The van der Waals surface area contributed by atoms with Crippen LogP contribution >= 0.6 is 0 Å². The molecule has 0 aromatic heterocycles. The summed E-state index contributed by atoms with van der Waals surface area (Å²) < 4.78 is 0. The van der Waals surface area contributed by atoms with Crippen LogP contribution in [-0.2, 0) is 4.79 Å². The van der Waals surface area contributed by atoms with E-state index in [1.165, 1.54) is 6.07 Å². The minimum Gasteiger partial charge on any atom is -0.478 e. The van der Waals surface area contributed by atoms with Gasteiger partial charge in [0.15, 0.2) is 0 Å². The number of rotatable bonds is 1. The molecule has 0 saturated carbocycles. The van der Waals surface area contributed by atoms with Crippen LogP contribution in [0.15, 0.2) is 18.2 Å². The summed E-state index contributed by atoms with van der Waals surface area (Å²) in [5.41, 5.74) is 0.294. The molecule has 0 spiro atoms. The van der Waals surface area contributed by atoms with Gasteiger partial charge in [-0.3, -0.25) is 4.79 Å². The van der Waals surface area contributed by atoms with Crippen LogP contribution in [0.5, 0.6) is 0 Å². The minimum atomic E-state index is -0.989. The lowest BCUT2D eigenvalue weighted by atomic mass is 9.74. The van der Waals surface area contributed by atoms with E-state index in [-0.39, 0.29) is 11.5 Å². The Morgan fingerprint density at radius 2 is 1.79 bits per heavy atom. The Morgan fingerprint density at radius 3 is 2.37 bits per heavy atom. The van der Waals surface area contributed by atoms with Crippen molar-refractivity contribution in [1.29, 1.82) is 0 Å². The van der Waals surface area contributed by atoms with Gasteiger partial charge < -0.3 is 15.7 Å². The van der Waals surface area contributed by atoms with Crippen molar-refractivity contribution >= 4 is 23.3 Å². The second-order valence-corrected chi connectivity index (χ2v) is 5.89. The SMILES string of the molecule is CC1(C)Nc2cc(C(=O)O)ccc2NC(=O)C1(C)C. The predicted octanol–water partition coefficient (Wildman–Crippen LogP) is 2.55. The van der Waals surface area contributed by atoms with Crippen molar-refractivity contribution in [3.8, 4) is 0 Å². The van der Waals surface area contributed by atoms with E-state index in [1.807, 2.05) is 27.7 Å². The zero-order valence-corrected chi connectivity index (χ0v) is 11.5. The van der Waals surface area contributed by atoms with E-state index in [9.17, 15) is 9.59 Å². The standard InChI is InChI=1S/C14H18N2O3/c1-13(2)12(19)15-9-6-5-8(11(17)18)7-10(9)16-14(13,3)4/h5-7,16H,1-4H3,(H,15,19)(H,17,18). The highest BCUT2D eigenvalue weighted by molar-refractivity contribution is 6.02. The zero-order valence-electron chi connectivity index (χ0n) is 11.5.